The summed E-state index contributed by atoms with van der Waals surface area (Å²) in [6.45, 7) is 2.95. The van der Waals surface area contributed by atoms with Crippen molar-refractivity contribution in [3.63, 3.8) is 0 Å². The van der Waals surface area contributed by atoms with Crippen LogP contribution in [0.3, 0.4) is 0 Å². The van der Waals surface area contributed by atoms with Crippen LogP contribution in [0.4, 0.5) is 4.39 Å². The molecule has 1 heterocycles. The largest absolute Gasteiger partial charge is 0.489 e. The lowest BCUT2D eigenvalue weighted by atomic mass is 9.96. The second kappa shape index (κ2) is 8.94. The molecule has 2 N–H and O–H groups in total. The monoisotopic (exact) mass is 405 g/mol. The number of hydrogen-bond acceptors (Lipinski definition) is 5. The topological polar surface area (TPSA) is 67.8 Å². The molecule has 1 saturated heterocycles. The Bertz CT molecular complexity index is 799. The Morgan fingerprint density at radius 3 is 2.61 bits per heavy atom. The zero-order chi connectivity index (χ0) is 20.1. The summed E-state index contributed by atoms with van der Waals surface area (Å²) in [4.78, 5) is 12.5. The molecule has 0 spiro atoms. The van der Waals surface area contributed by atoms with E-state index < -0.39 is 18.1 Å². The summed E-state index contributed by atoms with van der Waals surface area (Å²) in [5, 5.41) is 12.3. The van der Waals surface area contributed by atoms with Crippen molar-refractivity contribution >= 4 is 17.7 Å². The van der Waals surface area contributed by atoms with Crippen LogP contribution in [0.5, 0.6) is 5.75 Å². The van der Waals surface area contributed by atoms with E-state index in [-0.39, 0.29) is 10.6 Å². The van der Waals surface area contributed by atoms with Gasteiger partial charge in [0.15, 0.2) is 0 Å². The van der Waals surface area contributed by atoms with Crippen LogP contribution in [-0.2, 0) is 16.1 Å². The van der Waals surface area contributed by atoms with Gasteiger partial charge in [0, 0.05) is 16.2 Å². The maximum absolute atomic E-state index is 12.9. The van der Waals surface area contributed by atoms with Crippen LogP contribution in [0.15, 0.2) is 53.4 Å². The number of aliphatic carboxylic acids is 1. The molecule has 0 aliphatic carbocycles. The SMILES string of the molecule is CNC(C(=O)O)[C@H]1OCC[C@@]1(C)Sc1ccc(OCc2ccc(F)cc2)cc1. The summed E-state index contributed by atoms with van der Waals surface area (Å²) >= 11 is 1.62. The van der Waals surface area contributed by atoms with Gasteiger partial charge in [-0.1, -0.05) is 12.1 Å². The Morgan fingerprint density at radius 2 is 2.00 bits per heavy atom. The minimum absolute atomic E-state index is 0.267. The van der Waals surface area contributed by atoms with Gasteiger partial charge < -0.3 is 19.9 Å². The number of rotatable bonds is 8. The lowest BCUT2D eigenvalue weighted by Gasteiger charge is -2.33. The number of ether oxygens (including phenoxy) is 2. The van der Waals surface area contributed by atoms with Crippen molar-refractivity contribution in [2.75, 3.05) is 13.7 Å². The van der Waals surface area contributed by atoms with Gasteiger partial charge in [-0.05, 0) is 62.4 Å². The van der Waals surface area contributed by atoms with E-state index in [9.17, 15) is 14.3 Å². The zero-order valence-corrected chi connectivity index (χ0v) is 16.7. The Balaban J connectivity index is 1.62. The second-order valence-corrected chi connectivity index (χ2v) is 8.56. The number of carboxylic acid groups (broad SMARTS) is 1. The molecule has 0 aromatic heterocycles. The lowest BCUT2D eigenvalue weighted by Crippen LogP contribution is -2.51. The molecule has 0 bridgehead atoms. The smallest absolute Gasteiger partial charge is 0.323 e. The molecule has 0 amide bonds. The summed E-state index contributed by atoms with van der Waals surface area (Å²) in [6.07, 6.45) is 0.353. The predicted octanol–water partition coefficient (Wildman–Crippen LogP) is 3.72. The molecule has 1 aliphatic rings. The van der Waals surface area contributed by atoms with Crippen molar-refractivity contribution in [2.24, 2.45) is 0 Å². The number of likely N-dealkylation sites (N-methyl/N-ethyl adjacent to an activating group) is 1. The molecule has 28 heavy (non-hydrogen) atoms. The van der Waals surface area contributed by atoms with Crippen LogP contribution in [0, 0.1) is 5.82 Å². The molecule has 5 nitrogen and oxygen atoms in total. The summed E-state index contributed by atoms with van der Waals surface area (Å²) in [5.41, 5.74) is 0.894. The van der Waals surface area contributed by atoms with E-state index in [4.69, 9.17) is 9.47 Å². The Morgan fingerprint density at radius 1 is 1.32 bits per heavy atom. The first-order valence-corrected chi connectivity index (χ1v) is 9.91. The van der Waals surface area contributed by atoms with Crippen LogP contribution in [0.1, 0.15) is 18.9 Å². The Kier molecular flexibility index (Phi) is 6.59. The third-order valence-corrected chi connectivity index (χ3v) is 6.28. The number of hydrogen-bond donors (Lipinski definition) is 2. The molecule has 2 aromatic carbocycles. The van der Waals surface area contributed by atoms with Gasteiger partial charge in [-0.2, -0.15) is 0 Å². The fourth-order valence-corrected chi connectivity index (χ4v) is 4.61. The highest BCUT2D eigenvalue weighted by Crippen LogP contribution is 2.44. The van der Waals surface area contributed by atoms with E-state index in [1.54, 1.807) is 30.9 Å². The molecule has 3 rings (SSSR count). The number of carboxylic acids is 1. The number of carbonyl (C=O) groups is 1. The molecule has 2 aromatic rings. The van der Waals surface area contributed by atoms with Crippen LogP contribution >= 0.6 is 11.8 Å². The molecule has 1 fully saturated rings. The zero-order valence-electron chi connectivity index (χ0n) is 15.9. The molecule has 1 aliphatic heterocycles. The van der Waals surface area contributed by atoms with Crippen LogP contribution < -0.4 is 10.1 Å². The van der Waals surface area contributed by atoms with Crippen molar-refractivity contribution in [2.45, 2.75) is 41.7 Å². The van der Waals surface area contributed by atoms with Crippen LogP contribution in [0.25, 0.3) is 0 Å². The Hall–Kier alpha value is -2.09. The van der Waals surface area contributed by atoms with Gasteiger partial charge in [-0.25, -0.2) is 4.39 Å². The molecule has 0 radical (unpaired) electrons. The molecule has 7 heteroatoms. The first-order valence-electron chi connectivity index (χ1n) is 9.09. The fraction of sp³-hybridized carbons (Fsp3) is 0.381. The molecule has 3 atom stereocenters. The van der Waals surface area contributed by atoms with Crippen molar-refractivity contribution in [1.29, 1.82) is 0 Å². The molecule has 1 unspecified atom stereocenters. The number of halogens is 1. The predicted molar refractivity (Wildman–Crippen MR) is 106 cm³/mol. The van der Waals surface area contributed by atoms with E-state index in [2.05, 4.69) is 5.32 Å². The van der Waals surface area contributed by atoms with Gasteiger partial charge in [-0.15, -0.1) is 11.8 Å². The first kappa shape index (κ1) is 20.6. The highest BCUT2D eigenvalue weighted by atomic mass is 32.2. The second-order valence-electron chi connectivity index (χ2n) is 6.95. The quantitative estimate of drug-likeness (QED) is 0.698. The number of nitrogens with one attached hydrogen (secondary N) is 1. The normalized spacial score (nSPS) is 22.8. The first-order chi connectivity index (χ1) is 13.4. The van der Waals surface area contributed by atoms with E-state index >= 15 is 0 Å². The number of thioether (sulfide) groups is 1. The molecular formula is C21H24FNO4S. The standard InChI is InChI=1S/C21H24FNO4S/c1-21(11-12-26-19(21)18(23-2)20(24)25)28-17-9-7-16(8-10-17)27-13-14-3-5-15(22)6-4-14/h3-10,18-19,23H,11-13H2,1-2H3,(H,24,25)/t18?,19-,21-/m1/s1. The van der Waals surface area contributed by atoms with Gasteiger partial charge in [0.2, 0.25) is 0 Å². The van der Waals surface area contributed by atoms with Gasteiger partial charge in [0.1, 0.15) is 24.2 Å². The van der Waals surface area contributed by atoms with E-state index in [1.165, 1.54) is 12.1 Å². The summed E-state index contributed by atoms with van der Waals surface area (Å²) in [7, 11) is 1.64. The average Bonchev–Trinajstić information content (AvgIpc) is 3.04. The third kappa shape index (κ3) is 4.84. The number of benzene rings is 2. The summed E-state index contributed by atoms with van der Waals surface area (Å²) in [6, 6.07) is 13.1. The summed E-state index contributed by atoms with van der Waals surface area (Å²) in [5.74, 6) is -0.460. The van der Waals surface area contributed by atoms with E-state index in [1.807, 2.05) is 31.2 Å². The molecule has 150 valence electrons. The maximum atomic E-state index is 12.9. The average molecular weight is 405 g/mol. The van der Waals surface area contributed by atoms with Gasteiger partial charge >= 0.3 is 5.97 Å². The fourth-order valence-electron chi connectivity index (χ4n) is 3.29. The highest BCUT2D eigenvalue weighted by Gasteiger charge is 2.47. The van der Waals surface area contributed by atoms with Gasteiger partial charge in [-0.3, -0.25) is 4.79 Å². The Labute approximate surface area is 168 Å². The van der Waals surface area contributed by atoms with Crippen LogP contribution in [-0.4, -0.2) is 41.6 Å². The lowest BCUT2D eigenvalue weighted by molar-refractivity contribution is -0.143. The van der Waals surface area contributed by atoms with Crippen molar-refractivity contribution in [1.82, 2.24) is 5.32 Å². The van der Waals surface area contributed by atoms with Gasteiger partial charge in [0.05, 0.1) is 6.10 Å². The molecule has 0 saturated carbocycles. The van der Waals surface area contributed by atoms with E-state index in [0.29, 0.717) is 13.2 Å². The third-order valence-electron chi connectivity index (χ3n) is 4.87. The van der Waals surface area contributed by atoms with Crippen molar-refractivity contribution in [3.8, 4) is 5.75 Å². The minimum Gasteiger partial charge on any atom is -0.489 e. The van der Waals surface area contributed by atoms with Crippen molar-refractivity contribution < 1.29 is 23.8 Å². The van der Waals surface area contributed by atoms with Gasteiger partial charge in [0.25, 0.3) is 0 Å². The van der Waals surface area contributed by atoms with Crippen LogP contribution in [0.2, 0.25) is 0 Å². The maximum Gasteiger partial charge on any atom is 0.323 e. The van der Waals surface area contributed by atoms with Crippen molar-refractivity contribution in [3.05, 3.63) is 59.9 Å². The molecular weight excluding hydrogens is 381 g/mol. The van der Waals surface area contributed by atoms with E-state index in [0.717, 1.165) is 22.6 Å². The highest BCUT2D eigenvalue weighted by molar-refractivity contribution is 8.00. The summed E-state index contributed by atoms with van der Waals surface area (Å²) < 4.78 is 24.1. The minimum atomic E-state index is -0.911.